The zero-order chi connectivity index (χ0) is 6.69. The lowest BCUT2D eigenvalue weighted by atomic mass is 9.97. The minimum atomic E-state index is -0.190. The molecule has 1 unspecified atom stereocenters. The van der Waals surface area contributed by atoms with Crippen LogP contribution in [0.2, 0.25) is 0 Å². The summed E-state index contributed by atoms with van der Waals surface area (Å²) in [7, 11) is 0. The van der Waals surface area contributed by atoms with Gasteiger partial charge in [-0.2, -0.15) is 0 Å². The van der Waals surface area contributed by atoms with Gasteiger partial charge in [-0.1, -0.05) is 0 Å². The number of rotatable bonds is 1. The molecule has 1 aliphatic rings. The Morgan fingerprint density at radius 2 is 2.44 bits per heavy atom. The zero-order valence-electron chi connectivity index (χ0n) is 5.84. The van der Waals surface area contributed by atoms with Crippen molar-refractivity contribution >= 4 is 0 Å². The maximum atomic E-state index is 9.10. The summed E-state index contributed by atoms with van der Waals surface area (Å²) in [5, 5.41) is 9.10. The number of hydrogen-bond acceptors (Lipinski definition) is 2. The third-order valence-electron chi connectivity index (χ3n) is 1.88. The van der Waals surface area contributed by atoms with Crippen LogP contribution >= 0.6 is 0 Å². The molecule has 9 heavy (non-hydrogen) atoms. The second kappa shape index (κ2) is 3.18. The van der Waals surface area contributed by atoms with Crippen LogP contribution in [0.5, 0.6) is 0 Å². The minimum Gasteiger partial charge on any atom is -0.393 e. The van der Waals surface area contributed by atoms with Gasteiger partial charge in [0.25, 0.3) is 0 Å². The van der Waals surface area contributed by atoms with Crippen molar-refractivity contribution in [3.05, 3.63) is 0 Å². The molecule has 1 fully saturated rings. The predicted molar refractivity (Wildman–Crippen MR) is 35.2 cm³/mol. The van der Waals surface area contributed by atoms with Crippen LogP contribution in [0.15, 0.2) is 0 Å². The summed E-state index contributed by atoms with van der Waals surface area (Å²) in [6, 6.07) is 0. The lowest BCUT2D eigenvalue weighted by Crippen LogP contribution is -2.26. The topological polar surface area (TPSA) is 29.5 Å². The van der Waals surface area contributed by atoms with E-state index in [-0.39, 0.29) is 6.10 Å². The van der Waals surface area contributed by atoms with E-state index in [4.69, 9.17) is 9.84 Å². The monoisotopic (exact) mass is 130 g/mol. The molecule has 0 amide bonds. The van der Waals surface area contributed by atoms with Crippen molar-refractivity contribution in [2.24, 2.45) is 5.92 Å². The third kappa shape index (κ3) is 1.95. The molecule has 0 bridgehead atoms. The SMILES string of the molecule is C[C@@H](O)C1CCCOC1. The van der Waals surface area contributed by atoms with Gasteiger partial charge in [0, 0.05) is 12.5 Å². The Hall–Kier alpha value is -0.0800. The molecule has 0 radical (unpaired) electrons. The highest BCUT2D eigenvalue weighted by atomic mass is 16.5. The van der Waals surface area contributed by atoms with Crippen LogP contribution in [0.4, 0.5) is 0 Å². The molecule has 2 atom stereocenters. The normalized spacial score (nSPS) is 32.0. The van der Waals surface area contributed by atoms with Crippen molar-refractivity contribution < 1.29 is 9.84 Å². The molecule has 0 spiro atoms. The van der Waals surface area contributed by atoms with E-state index < -0.39 is 0 Å². The fourth-order valence-corrected chi connectivity index (χ4v) is 1.15. The van der Waals surface area contributed by atoms with Gasteiger partial charge in [0.05, 0.1) is 12.7 Å². The van der Waals surface area contributed by atoms with Gasteiger partial charge in [-0.25, -0.2) is 0 Å². The van der Waals surface area contributed by atoms with Crippen molar-refractivity contribution in [3.63, 3.8) is 0 Å². The summed E-state index contributed by atoms with van der Waals surface area (Å²) in [5.41, 5.74) is 0. The van der Waals surface area contributed by atoms with E-state index in [1.807, 2.05) is 6.92 Å². The lowest BCUT2D eigenvalue weighted by molar-refractivity contribution is -0.00174. The highest BCUT2D eigenvalue weighted by Gasteiger charge is 2.17. The van der Waals surface area contributed by atoms with E-state index in [1.165, 1.54) is 0 Å². The summed E-state index contributed by atoms with van der Waals surface area (Å²) in [6.07, 6.45) is 2.04. The predicted octanol–water partition coefficient (Wildman–Crippen LogP) is 0.794. The second-order valence-corrected chi connectivity index (χ2v) is 2.72. The first-order valence-electron chi connectivity index (χ1n) is 3.56. The van der Waals surface area contributed by atoms with Crippen LogP contribution < -0.4 is 0 Å². The van der Waals surface area contributed by atoms with Crippen LogP contribution in [0.25, 0.3) is 0 Å². The Bertz CT molecular complexity index is 75.0. The lowest BCUT2D eigenvalue weighted by Gasteiger charge is -2.23. The van der Waals surface area contributed by atoms with Gasteiger partial charge in [-0.3, -0.25) is 0 Å². The van der Waals surface area contributed by atoms with Crippen LogP contribution in [0.3, 0.4) is 0 Å². The van der Waals surface area contributed by atoms with Crippen LogP contribution in [-0.2, 0) is 4.74 Å². The van der Waals surface area contributed by atoms with Crippen molar-refractivity contribution in [1.29, 1.82) is 0 Å². The van der Waals surface area contributed by atoms with E-state index in [9.17, 15) is 0 Å². The van der Waals surface area contributed by atoms with Crippen LogP contribution in [0, 0.1) is 5.92 Å². The third-order valence-corrected chi connectivity index (χ3v) is 1.88. The Morgan fingerprint density at radius 3 is 2.78 bits per heavy atom. The highest BCUT2D eigenvalue weighted by Crippen LogP contribution is 2.16. The van der Waals surface area contributed by atoms with Crippen molar-refractivity contribution in [2.75, 3.05) is 13.2 Å². The first-order chi connectivity index (χ1) is 4.30. The van der Waals surface area contributed by atoms with Gasteiger partial charge < -0.3 is 9.84 Å². The van der Waals surface area contributed by atoms with E-state index in [0.717, 1.165) is 26.1 Å². The Morgan fingerprint density at radius 1 is 1.67 bits per heavy atom. The summed E-state index contributed by atoms with van der Waals surface area (Å²) in [5.74, 6) is 0.388. The highest BCUT2D eigenvalue weighted by molar-refractivity contribution is 4.67. The molecule has 54 valence electrons. The molecule has 0 aliphatic carbocycles. The van der Waals surface area contributed by atoms with Gasteiger partial charge in [0.2, 0.25) is 0 Å². The number of hydrogen-bond donors (Lipinski definition) is 1. The van der Waals surface area contributed by atoms with Crippen molar-refractivity contribution in [2.45, 2.75) is 25.9 Å². The van der Waals surface area contributed by atoms with E-state index in [2.05, 4.69) is 0 Å². The molecule has 1 N–H and O–H groups in total. The largest absolute Gasteiger partial charge is 0.393 e. The fraction of sp³-hybridized carbons (Fsp3) is 1.00. The van der Waals surface area contributed by atoms with Gasteiger partial charge in [-0.15, -0.1) is 0 Å². The fourth-order valence-electron chi connectivity index (χ4n) is 1.15. The maximum absolute atomic E-state index is 9.10. The first-order valence-corrected chi connectivity index (χ1v) is 3.56. The summed E-state index contributed by atoms with van der Waals surface area (Å²) < 4.78 is 5.18. The van der Waals surface area contributed by atoms with E-state index in [0.29, 0.717) is 5.92 Å². The molecular formula is C7H14O2. The molecule has 1 saturated heterocycles. The maximum Gasteiger partial charge on any atom is 0.0562 e. The standard InChI is InChI=1S/C7H14O2/c1-6(8)7-3-2-4-9-5-7/h6-8H,2-5H2,1H3/t6-,7?/m1/s1. The summed E-state index contributed by atoms with van der Waals surface area (Å²) in [4.78, 5) is 0. The molecule has 2 nitrogen and oxygen atoms in total. The van der Waals surface area contributed by atoms with Crippen molar-refractivity contribution in [1.82, 2.24) is 0 Å². The average Bonchev–Trinajstić information content (AvgIpc) is 1.90. The average molecular weight is 130 g/mol. The summed E-state index contributed by atoms with van der Waals surface area (Å²) in [6.45, 7) is 3.46. The molecule has 2 heteroatoms. The molecule has 1 heterocycles. The zero-order valence-corrected chi connectivity index (χ0v) is 5.84. The second-order valence-electron chi connectivity index (χ2n) is 2.72. The Labute approximate surface area is 55.8 Å². The van der Waals surface area contributed by atoms with Gasteiger partial charge in [-0.05, 0) is 19.8 Å². The number of ether oxygens (including phenoxy) is 1. The quantitative estimate of drug-likeness (QED) is 0.568. The van der Waals surface area contributed by atoms with Crippen molar-refractivity contribution in [3.8, 4) is 0 Å². The van der Waals surface area contributed by atoms with Crippen LogP contribution in [0.1, 0.15) is 19.8 Å². The van der Waals surface area contributed by atoms with E-state index >= 15 is 0 Å². The Kier molecular flexibility index (Phi) is 2.49. The first kappa shape index (κ1) is 7.03. The minimum absolute atomic E-state index is 0.190. The summed E-state index contributed by atoms with van der Waals surface area (Å²) >= 11 is 0. The molecule has 0 saturated carbocycles. The number of aliphatic hydroxyl groups excluding tert-OH is 1. The van der Waals surface area contributed by atoms with Gasteiger partial charge in [0.1, 0.15) is 0 Å². The van der Waals surface area contributed by atoms with E-state index in [1.54, 1.807) is 0 Å². The molecule has 0 aromatic rings. The van der Waals surface area contributed by atoms with Gasteiger partial charge >= 0.3 is 0 Å². The molecule has 1 rings (SSSR count). The molecule has 0 aromatic heterocycles. The molecule has 1 aliphatic heterocycles. The molecule has 0 aromatic carbocycles. The van der Waals surface area contributed by atoms with Crippen LogP contribution in [-0.4, -0.2) is 24.4 Å². The molecular weight excluding hydrogens is 116 g/mol. The van der Waals surface area contributed by atoms with Gasteiger partial charge in [0.15, 0.2) is 0 Å². The number of aliphatic hydroxyl groups is 1. The Balaban J connectivity index is 2.23. The smallest absolute Gasteiger partial charge is 0.0562 e.